The third kappa shape index (κ3) is 4.23. The van der Waals surface area contributed by atoms with E-state index in [4.69, 9.17) is 0 Å². The van der Waals surface area contributed by atoms with E-state index in [-0.39, 0.29) is 22.7 Å². The summed E-state index contributed by atoms with van der Waals surface area (Å²) < 4.78 is 26.8. The molecular formula is C20H24N4O3S. The summed E-state index contributed by atoms with van der Waals surface area (Å²) in [5, 5.41) is 2.92. The predicted molar refractivity (Wildman–Crippen MR) is 109 cm³/mol. The van der Waals surface area contributed by atoms with Crippen molar-refractivity contribution in [2.75, 3.05) is 20.6 Å². The number of likely N-dealkylation sites (N-methyl/N-ethyl adjacent to an activating group) is 1. The van der Waals surface area contributed by atoms with Crippen LogP contribution in [0.5, 0.6) is 0 Å². The van der Waals surface area contributed by atoms with E-state index < -0.39 is 16.1 Å². The zero-order valence-electron chi connectivity index (χ0n) is 16.1. The molecule has 7 nitrogen and oxygen atoms in total. The van der Waals surface area contributed by atoms with Crippen molar-refractivity contribution in [1.29, 1.82) is 0 Å². The minimum atomic E-state index is -3.62. The Morgan fingerprint density at radius 1 is 1.11 bits per heavy atom. The molecular weight excluding hydrogens is 376 g/mol. The highest BCUT2D eigenvalue weighted by Gasteiger charge is 2.31. The number of aliphatic imine (C=N–C) groups is 1. The molecule has 0 aromatic heterocycles. The molecule has 0 spiro atoms. The SMILES string of the molecule is C[C@@H](N=C1NS(=O)(=O)c2ccccc21)C(=O)NC[C@H](c1ccccc1)N(C)C. The minimum Gasteiger partial charge on any atom is -0.352 e. The van der Waals surface area contributed by atoms with Gasteiger partial charge in [-0.3, -0.25) is 14.5 Å². The Bertz CT molecular complexity index is 988. The van der Waals surface area contributed by atoms with Crippen LogP contribution in [-0.2, 0) is 14.8 Å². The van der Waals surface area contributed by atoms with Gasteiger partial charge in [-0.2, -0.15) is 0 Å². The largest absolute Gasteiger partial charge is 0.352 e. The second-order valence-corrected chi connectivity index (χ2v) is 8.54. The number of nitrogens with zero attached hydrogens (tertiary/aromatic N) is 2. The number of hydrogen-bond donors (Lipinski definition) is 2. The van der Waals surface area contributed by atoms with Crippen molar-refractivity contribution in [3.05, 3.63) is 65.7 Å². The average molecular weight is 401 g/mol. The quantitative estimate of drug-likeness (QED) is 0.769. The van der Waals surface area contributed by atoms with Crippen LogP contribution in [-0.4, -0.2) is 51.7 Å². The average Bonchev–Trinajstić information content (AvgIpc) is 2.93. The number of amides is 1. The van der Waals surface area contributed by atoms with Crippen molar-refractivity contribution in [2.45, 2.75) is 23.9 Å². The number of sulfonamides is 1. The Hall–Kier alpha value is -2.71. The highest BCUT2D eigenvalue weighted by molar-refractivity contribution is 7.90. The van der Waals surface area contributed by atoms with E-state index in [9.17, 15) is 13.2 Å². The molecule has 1 aliphatic rings. The number of amidine groups is 1. The third-order valence-corrected chi connectivity index (χ3v) is 6.04. The van der Waals surface area contributed by atoms with E-state index >= 15 is 0 Å². The standard InChI is InChI=1S/C20H24N4O3S/c1-14(22-19-16-11-7-8-12-18(16)28(26,27)23-19)20(25)21-13-17(24(2)3)15-9-5-4-6-10-15/h4-12,14,17H,13H2,1-3H3,(H,21,25)(H,22,23)/t14-,17-/m1/s1. The summed E-state index contributed by atoms with van der Waals surface area (Å²) in [6, 6.07) is 15.8. The van der Waals surface area contributed by atoms with Crippen LogP contribution in [0, 0.1) is 0 Å². The molecule has 1 aliphatic heterocycles. The van der Waals surface area contributed by atoms with Crippen molar-refractivity contribution >= 4 is 21.8 Å². The summed E-state index contributed by atoms with van der Waals surface area (Å²) in [6.45, 7) is 2.07. The molecule has 0 fully saturated rings. The maximum Gasteiger partial charge on any atom is 0.263 e. The molecule has 0 bridgehead atoms. The van der Waals surface area contributed by atoms with Gasteiger partial charge in [0.2, 0.25) is 5.91 Å². The first-order chi connectivity index (χ1) is 13.3. The van der Waals surface area contributed by atoms with Gasteiger partial charge in [-0.05, 0) is 38.7 Å². The Morgan fingerprint density at radius 2 is 1.75 bits per heavy atom. The minimum absolute atomic E-state index is 0.0238. The van der Waals surface area contributed by atoms with Crippen molar-refractivity contribution < 1.29 is 13.2 Å². The molecule has 8 heteroatoms. The van der Waals surface area contributed by atoms with Gasteiger partial charge in [0.15, 0.2) is 0 Å². The van der Waals surface area contributed by atoms with Gasteiger partial charge in [0.25, 0.3) is 10.0 Å². The van der Waals surface area contributed by atoms with Gasteiger partial charge < -0.3 is 10.2 Å². The highest BCUT2D eigenvalue weighted by Crippen LogP contribution is 2.22. The third-order valence-electron chi connectivity index (χ3n) is 4.64. The predicted octanol–water partition coefficient (Wildman–Crippen LogP) is 1.53. The maximum atomic E-state index is 12.5. The first-order valence-electron chi connectivity index (χ1n) is 8.98. The number of hydrogen-bond acceptors (Lipinski definition) is 5. The van der Waals surface area contributed by atoms with Crippen LogP contribution in [0.4, 0.5) is 0 Å². The lowest BCUT2D eigenvalue weighted by Gasteiger charge is -2.25. The molecule has 2 N–H and O–H groups in total. The second-order valence-electron chi connectivity index (χ2n) is 6.89. The van der Waals surface area contributed by atoms with Crippen LogP contribution in [0.3, 0.4) is 0 Å². The summed E-state index contributed by atoms with van der Waals surface area (Å²) in [7, 11) is 0.294. The zero-order valence-corrected chi connectivity index (χ0v) is 16.9. The molecule has 3 rings (SSSR count). The number of carbonyl (C=O) groups is 1. The molecule has 1 amide bonds. The van der Waals surface area contributed by atoms with Gasteiger partial charge in [0.1, 0.15) is 11.9 Å². The lowest BCUT2D eigenvalue weighted by Crippen LogP contribution is -2.39. The Morgan fingerprint density at radius 3 is 2.43 bits per heavy atom. The molecule has 0 radical (unpaired) electrons. The highest BCUT2D eigenvalue weighted by atomic mass is 32.2. The van der Waals surface area contributed by atoms with Crippen molar-refractivity contribution in [3.63, 3.8) is 0 Å². The Labute approximate surface area is 165 Å². The number of fused-ring (bicyclic) bond motifs is 1. The van der Waals surface area contributed by atoms with Gasteiger partial charge in [-0.25, -0.2) is 8.42 Å². The molecule has 0 aliphatic carbocycles. The zero-order chi connectivity index (χ0) is 20.3. The fourth-order valence-corrected chi connectivity index (χ4v) is 4.34. The molecule has 1 heterocycles. The smallest absolute Gasteiger partial charge is 0.263 e. The van der Waals surface area contributed by atoms with Crippen LogP contribution >= 0.6 is 0 Å². The fourth-order valence-electron chi connectivity index (χ4n) is 3.10. The molecule has 2 atom stereocenters. The molecule has 2 aromatic carbocycles. The van der Waals surface area contributed by atoms with Gasteiger partial charge in [0, 0.05) is 12.1 Å². The summed E-state index contributed by atoms with van der Waals surface area (Å²) in [5.74, 6) is -0.0654. The number of nitrogens with one attached hydrogen (secondary N) is 2. The summed E-state index contributed by atoms with van der Waals surface area (Å²) in [5.41, 5.74) is 1.59. The Balaban J connectivity index is 1.71. The van der Waals surface area contributed by atoms with E-state index in [2.05, 4.69) is 15.0 Å². The maximum absolute atomic E-state index is 12.5. The summed E-state index contributed by atoms with van der Waals surface area (Å²) in [4.78, 5) is 19.1. The topological polar surface area (TPSA) is 90.9 Å². The van der Waals surface area contributed by atoms with Crippen LogP contribution < -0.4 is 10.0 Å². The molecule has 0 saturated heterocycles. The van der Waals surface area contributed by atoms with Crippen molar-refractivity contribution in [3.8, 4) is 0 Å². The van der Waals surface area contributed by atoms with E-state index in [1.54, 1.807) is 25.1 Å². The number of benzene rings is 2. The molecule has 0 unspecified atom stereocenters. The second kappa shape index (κ2) is 8.12. The van der Waals surface area contributed by atoms with Crippen LogP contribution in [0.25, 0.3) is 0 Å². The van der Waals surface area contributed by atoms with E-state index in [0.29, 0.717) is 12.1 Å². The van der Waals surface area contributed by atoms with Gasteiger partial charge in [-0.1, -0.05) is 42.5 Å². The summed E-state index contributed by atoms with van der Waals surface area (Å²) >= 11 is 0. The Kier molecular flexibility index (Phi) is 5.81. The van der Waals surface area contributed by atoms with Gasteiger partial charge >= 0.3 is 0 Å². The van der Waals surface area contributed by atoms with Gasteiger partial charge in [0.05, 0.1) is 10.9 Å². The molecule has 28 heavy (non-hydrogen) atoms. The number of rotatable bonds is 6. The van der Waals surface area contributed by atoms with E-state index in [1.807, 2.05) is 49.3 Å². The first-order valence-corrected chi connectivity index (χ1v) is 10.5. The van der Waals surface area contributed by atoms with Gasteiger partial charge in [-0.15, -0.1) is 0 Å². The van der Waals surface area contributed by atoms with Crippen molar-refractivity contribution in [1.82, 2.24) is 14.9 Å². The van der Waals surface area contributed by atoms with E-state index in [0.717, 1.165) is 5.56 Å². The lowest BCUT2D eigenvalue weighted by molar-refractivity contribution is -0.122. The lowest BCUT2D eigenvalue weighted by atomic mass is 10.1. The van der Waals surface area contributed by atoms with Crippen LogP contribution in [0.15, 0.2) is 64.5 Å². The van der Waals surface area contributed by atoms with Crippen LogP contribution in [0.2, 0.25) is 0 Å². The summed E-state index contributed by atoms with van der Waals surface area (Å²) in [6.07, 6.45) is 0. The molecule has 0 saturated carbocycles. The normalized spacial score (nSPS) is 18.4. The fraction of sp³-hybridized carbons (Fsp3) is 0.300. The van der Waals surface area contributed by atoms with Crippen LogP contribution in [0.1, 0.15) is 24.1 Å². The van der Waals surface area contributed by atoms with Crippen molar-refractivity contribution in [2.24, 2.45) is 4.99 Å². The molecule has 2 aromatic rings. The number of carbonyl (C=O) groups excluding carboxylic acids is 1. The molecule has 148 valence electrons. The van der Waals surface area contributed by atoms with E-state index in [1.165, 1.54) is 6.07 Å². The first kappa shape index (κ1) is 20.0. The monoisotopic (exact) mass is 400 g/mol.